The molecule has 0 bridgehead atoms. The zero-order chi connectivity index (χ0) is 37.4. The number of carbonyl (C=O) groups excluding carboxylic acids is 3. The summed E-state index contributed by atoms with van der Waals surface area (Å²) >= 11 is 0. The third-order valence-corrected chi connectivity index (χ3v) is 10.1. The van der Waals surface area contributed by atoms with Crippen LogP contribution >= 0.6 is 0 Å². The molecule has 7 nitrogen and oxygen atoms in total. The molecular weight excluding hydrogens is 638 g/mol. The van der Waals surface area contributed by atoms with Crippen molar-refractivity contribution in [1.29, 1.82) is 0 Å². The molecule has 1 rings (SSSR count). The van der Waals surface area contributed by atoms with E-state index in [9.17, 15) is 14.4 Å². The van der Waals surface area contributed by atoms with Gasteiger partial charge in [-0.05, 0) is 102 Å². The number of nitrogens with zero attached hydrogens (tertiary/aromatic N) is 1. The highest BCUT2D eigenvalue weighted by molar-refractivity contribution is 5.72. The Morgan fingerprint density at radius 2 is 1.22 bits per heavy atom. The molecule has 0 aromatic heterocycles. The third kappa shape index (κ3) is 25.1. The van der Waals surface area contributed by atoms with E-state index >= 15 is 0 Å². The van der Waals surface area contributed by atoms with Crippen molar-refractivity contribution in [2.45, 2.75) is 174 Å². The first-order valence-electron chi connectivity index (χ1n) is 20.8. The molecule has 292 valence electrons. The SMILES string of the molecule is C=C=C=C=C1C(CCCCC)CCOC(=O)CCCCCCCC(C(=O)OCCCN(C)C)CCCCCCCC(=O)OCCC1CCCCC. The van der Waals surface area contributed by atoms with Crippen LogP contribution in [0.4, 0.5) is 0 Å². The van der Waals surface area contributed by atoms with Gasteiger partial charge in [0.15, 0.2) is 0 Å². The van der Waals surface area contributed by atoms with Gasteiger partial charge in [-0.25, -0.2) is 0 Å². The Morgan fingerprint density at radius 1 is 0.725 bits per heavy atom. The first-order chi connectivity index (χ1) is 24.8. The number of unbranched alkanes of at least 4 members (excludes halogenated alkanes) is 4. The van der Waals surface area contributed by atoms with Crippen LogP contribution in [0.25, 0.3) is 0 Å². The summed E-state index contributed by atoms with van der Waals surface area (Å²) in [5.74, 6) is 0.0700. The molecule has 0 aliphatic carbocycles. The van der Waals surface area contributed by atoms with Gasteiger partial charge >= 0.3 is 17.9 Å². The lowest BCUT2D eigenvalue weighted by Crippen LogP contribution is -2.21. The Balaban J connectivity index is 2.97. The van der Waals surface area contributed by atoms with E-state index in [1.165, 1.54) is 5.57 Å². The maximum absolute atomic E-state index is 13.0. The number of allylic oxidation sites excluding steroid dienone is 1. The van der Waals surface area contributed by atoms with Crippen LogP contribution in [0.2, 0.25) is 0 Å². The van der Waals surface area contributed by atoms with E-state index < -0.39 is 0 Å². The van der Waals surface area contributed by atoms with Crippen molar-refractivity contribution in [3.05, 3.63) is 29.3 Å². The summed E-state index contributed by atoms with van der Waals surface area (Å²) in [5.41, 5.74) is 10.4. The van der Waals surface area contributed by atoms with Crippen molar-refractivity contribution in [2.75, 3.05) is 40.5 Å². The first-order valence-corrected chi connectivity index (χ1v) is 20.8. The number of rotatable bonds is 13. The second kappa shape index (κ2) is 32.1. The second-order valence-corrected chi connectivity index (χ2v) is 14.9. The highest BCUT2D eigenvalue weighted by Gasteiger charge is 2.24. The fraction of sp³-hybridized carbons (Fsp3) is 0.818. The van der Waals surface area contributed by atoms with Gasteiger partial charge in [-0.2, -0.15) is 0 Å². The van der Waals surface area contributed by atoms with E-state index in [1.54, 1.807) is 0 Å². The molecular formula is C44H75NO6. The predicted molar refractivity (Wildman–Crippen MR) is 208 cm³/mol. The molecule has 51 heavy (non-hydrogen) atoms. The van der Waals surface area contributed by atoms with Crippen molar-refractivity contribution in [2.24, 2.45) is 17.8 Å². The lowest BCUT2D eigenvalue weighted by molar-refractivity contribution is -0.149. The van der Waals surface area contributed by atoms with Gasteiger partial charge in [0.25, 0.3) is 0 Å². The minimum Gasteiger partial charge on any atom is -0.466 e. The number of cyclic esters (lactones) is 2. The molecule has 0 aromatic carbocycles. The van der Waals surface area contributed by atoms with Crippen LogP contribution in [0.15, 0.2) is 29.3 Å². The summed E-state index contributed by atoms with van der Waals surface area (Å²) < 4.78 is 17.2. The van der Waals surface area contributed by atoms with E-state index in [-0.39, 0.29) is 35.7 Å². The van der Waals surface area contributed by atoms with E-state index in [4.69, 9.17) is 14.2 Å². The molecule has 2 atom stereocenters. The van der Waals surface area contributed by atoms with Gasteiger partial charge in [-0.15, -0.1) is 0 Å². The summed E-state index contributed by atoms with van der Waals surface area (Å²) in [6.07, 6.45) is 23.6. The summed E-state index contributed by atoms with van der Waals surface area (Å²) in [5, 5.41) is 0. The molecule has 1 fully saturated rings. The largest absolute Gasteiger partial charge is 0.466 e. The monoisotopic (exact) mass is 714 g/mol. The van der Waals surface area contributed by atoms with Crippen LogP contribution in [0, 0.1) is 17.8 Å². The molecule has 2 unspecified atom stereocenters. The number of carbonyl (C=O) groups is 3. The summed E-state index contributed by atoms with van der Waals surface area (Å²) in [7, 11) is 4.06. The molecule has 0 radical (unpaired) electrons. The highest BCUT2D eigenvalue weighted by atomic mass is 16.5. The Kier molecular flexibility index (Phi) is 29.3. The summed E-state index contributed by atoms with van der Waals surface area (Å²) in [6, 6.07) is 0. The second-order valence-electron chi connectivity index (χ2n) is 14.9. The number of hydrogen-bond donors (Lipinski definition) is 0. The topological polar surface area (TPSA) is 82.1 Å². The molecule has 0 aromatic rings. The van der Waals surface area contributed by atoms with Gasteiger partial charge in [-0.1, -0.05) is 115 Å². The average Bonchev–Trinajstić information content (AvgIpc) is 3.10. The highest BCUT2D eigenvalue weighted by Crippen LogP contribution is 2.33. The van der Waals surface area contributed by atoms with E-state index in [1.807, 2.05) is 14.1 Å². The van der Waals surface area contributed by atoms with Crippen LogP contribution in [-0.2, 0) is 28.6 Å². The van der Waals surface area contributed by atoms with Gasteiger partial charge < -0.3 is 19.1 Å². The summed E-state index contributed by atoms with van der Waals surface area (Å²) in [6.45, 7) is 10.3. The number of ether oxygens (including phenoxy) is 3. The quantitative estimate of drug-likeness (QED) is 0.0813. The fourth-order valence-electron chi connectivity index (χ4n) is 7.05. The van der Waals surface area contributed by atoms with Crippen LogP contribution < -0.4 is 0 Å². The van der Waals surface area contributed by atoms with E-state index in [0.717, 1.165) is 154 Å². The maximum Gasteiger partial charge on any atom is 0.308 e. The Hall–Kier alpha value is -2.55. The van der Waals surface area contributed by atoms with Crippen molar-refractivity contribution in [3.63, 3.8) is 0 Å². The first kappa shape index (κ1) is 46.5. The van der Waals surface area contributed by atoms with Crippen LogP contribution in [0.3, 0.4) is 0 Å². The fourth-order valence-corrected chi connectivity index (χ4v) is 7.05. The van der Waals surface area contributed by atoms with Crippen molar-refractivity contribution in [3.8, 4) is 0 Å². The van der Waals surface area contributed by atoms with E-state index in [2.05, 4.69) is 42.5 Å². The number of hydrogen-bond acceptors (Lipinski definition) is 7. The third-order valence-electron chi connectivity index (χ3n) is 10.1. The van der Waals surface area contributed by atoms with Gasteiger partial charge in [-0.3, -0.25) is 14.4 Å². The normalized spacial score (nSPS) is 21.8. The predicted octanol–water partition coefficient (Wildman–Crippen LogP) is 10.9. The van der Waals surface area contributed by atoms with Crippen molar-refractivity contribution < 1.29 is 28.6 Å². The van der Waals surface area contributed by atoms with Crippen molar-refractivity contribution in [1.82, 2.24) is 4.90 Å². The van der Waals surface area contributed by atoms with Gasteiger partial charge in [0.1, 0.15) is 0 Å². The van der Waals surface area contributed by atoms with Gasteiger partial charge in [0.05, 0.1) is 25.7 Å². The molecule has 0 N–H and O–H groups in total. The Morgan fingerprint density at radius 3 is 1.69 bits per heavy atom. The van der Waals surface area contributed by atoms with Gasteiger partial charge in [0, 0.05) is 19.4 Å². The Bertz CT molecular complexity index is 998. The molecule has 0 amide bonds. The smallest absolute Gasteiger partial charge is 0.308 e. The van der Waals surface area contributed by atoms with E-state index in [0.29, 0.717) is 32.7 Å². The molecule has 1 saturated heterocycles. The minimum absolute atomic E-state index is 0.0524. The zero-order valence-electron chi connectivity index (χ0n) is 33.3. The molecule has 1 aliphatic rings. The minimum atomic E-state index is -0.126. The van der Waals surface area contributed by atoms with Crippen LogP contribution in [0.1, 0.15) is 174 Å². The number of esters is 3. The standard InChI is InChI=1S/C44H75NO6/c1-6-9-18-25-38-32-36-49-42(46)30-22-16-12-14-20-27-40(44(48)51-35-24-34-45(4)5)28-21-15-13-17-23-31-43(47)50-37-33-39(26-19-10-7-2)41(38)29-11-8-3/h38-40H,3,6-7,9-10,12-28,30-37H2,1-2,4-5H3. The molecule has 1 heterocycles. The zero-order valence-corrected chi connectivity index (χ0v) is 33.3. The summed E-state index contributed by atoms with van der Waals surface area (Å²) in [4.78, 5) is 40.5. The molecule has 0 spiro atoms. The average molecular weight is 714 g/mol. The van der Waals surface area contributed by atoms with Crippen LogP contribution in [-0.4, -0.2) is 63.3 Å². The maximum atomic E-state index is 13.0. The van der Waals surface area contributed by atoms with Crippen molar-refractivity contribution >= 4 is 17.9 Å². The lowest BCUT2D eigenvalue weighted by Gasteiger charge is -2.26. The molecule has 7 heteroatoms. The lowest BCUT2D eigenvalue weighted by atomic mass is 9.79. The Labute approximate surface area is 312 Å². The van der Waals surface area contributed by atoms with Gasteiger partial charge in [0.2, 0.25) is 0 Å². The van der Waals surface area contributed by atoms with Crippen LogP contribution in [0.5, 0.6) is 0 Å². The molecule has 0 saturated carbocycles. The molecule has 1 aliphatic heterocycles.